The fraction of sp³-hybridized carbons (Fsp3) is 0. The number of hydrogen-bond acceptors (Lipinski definition) is 5. The van der Waals surface area contributed by atoms with Gasteiger partial charge in [-0.05, 0) is 36.4 Å². The van der Waals surface area contributed by atoms with Crippen LogP contribution in [-0.2, 0) is 0 Å². The summed E-state index contributed by atoms with van der Waals surface area (Å²) in [7, 11) is 0. The lowest BCUT2D eigenvalue weighted by Gasteiger charge is -2.05. The summed E-state index contributed by atoms with van der Waals surface area (Å²) in [4.78, 5) is 28.7. The second-order valence-corrected chi connectivity index (χ2v) is 7.32. The number of halogens is 1. The number of aromatic nitrogens is 3. The molecule has 0 fully saturated rings. The number of carboxylic acids is 1. The van der Waals surface area contributed by atoms with Gasteiger partial charge in [-0.3, -0.25) is 9.78 Å². The van der Waals surface area contributed by atoms with E-state index >= 15 is 0 Å². The number of anilines is 1. The SMILES string of the molecule is O=C(Nc1csc(-c2cnn(-c3ccc(Cl)cc3)c2)c1C(=O)O)c1cccnc1. The fourth-order valence-corrected chi connectivity index (χ4v) is 3.84. The molecule has 0 atom stereocenters. The number of carbonyl (C=O) groups excluding carboxylic acids is 1. The zero-order chi connectivity index (χ0) is 20.4. The molecule has 29 heavy (non-hydrogen) atoms. The van der Waals surface area contributed by atoms with Gasteiger partial charge in [0.05, 0.1) is 28.0 Å². The molecule has 0 radical (unpaired) electrons. The first-order valence-electron chi connectivity index (χ1n) is 8.40. The maximum atomic E-state index is 12.4. The molecular weight excluding hydrogens is 412 g/mol. The minimum absolute atomic E-state index is 0.0166. The van der Waals surface area contributed by atoms with E-state index in [2.05, 4.69) is 15.4 Å². The van der Waals surface area contributed by atoms with Crippen LogP contribution >= 0.6 is 22.9 Å². The maximum Gasteiger partial charge on any atom is 0.339 e. The molecule has 144 valence electrons. The number of amides is 1. The Balaban J connectivity index is 1.66. The molecule has 0 bridgehead atoms. The summed E-state index contributed by atoms with van der Waals surface area (Å²) in [6.45, 7) is 0. The number of carboxylic acid groups (broad SMARTS) is 1. The van der Waals surface area contributed by atoms with Crippen molar-refractivity contribution in [2.45, 2.75) is 0 Å². The zero-order valence-electron chi connectivity index (χ0n) is 14.7. The number of thiophene rings is 1. The van der Waals surface area contributed by atoms with E-state index in [-0.39, 0.29) is 11.3 Å². The lowest BCUT2D eigenvalue weighted by atomic mass is 10.1. The van der Waals surface area contributed by atoms with E-state index in [1.165, 1.54) is 17.5 Å². The van der Waals surface area contributed by atoms with Gasteiger partial charge in [0.25, 0.3) is 5.91 Å². The van der Waals surface area contributed by atoms with Gasteiger partial charge in [0.2, 0.25) is 0 Å². The number of benzene rings is 1. The lowest BCUT2D eigenvalue weighted by Crippen LogP contribution is -2.14. The Morgan fingerprint density at radius 3 is 2.62 bits per heavy atom. The number of hydrogen-bond donors (Lipinski definition) is 2. The van der Waals surface area contributed by atoms with Gasteiger partial charge in [0.15, 0.2) is 0 Å². The van der Waals surface area contributed by atoms with Crippen LogP contribution in [0.15, 0.2) is 66.6 Å². The molecule has 7 nitrogen and oxygen atoms in total. The van der Waals surface area contributed by atoms with E-state index < -0.39 is 11.9 Å². The second-order valence-electron chi connectivity index (χ2n) is 6.00. The van der Waals surface area contributed by atoms with E-state index in [1.807, 2.05) is 12.1 Å². The molecule has 4 rings (SSSR count). The highest BCUT2D eigenvalue weighted by Crippen LogP contribution is 2.36. The number of nitrogens with zero attached hydrogens (tertiary/aromatic N) is 3. The summed E-state index contributed by atoms with van der Waals surface area (Å²) in [6, 6.07) is 10.4. The summed E-state index contributed by atoms with van der Waals surface area (Å²) < 4.78 is 1.63. The van der Waals surface area contributed by atoms with E-state index in [9.17, 15) is 14.7 Å². The average Bonchev–Trinajstić information content (AvgIpc) is 3.36. The van der Waals surface area contributed by atoms with Gasteiger partial charge in [-0.25, -0.2) is 9.48 Å². The van der Waals surface area contributed by atoms with Crippen LogP contribution in [-0.4, -0.2) is 31.7 Å². The van der Waals surface area contributed by atoms with E-state index in [4.69, 9.17) is 11.6 Å². The van der Waals surface area contributed by atoms with Crippen molar-refractivity contribution in [2.24, 2.45) is 0 Å². The first kappa shape index (κ1) is 18.9. The van der Waals surface area contributed by atoms with Crippen molar-refractivity contribution in [3.63, 3.8) is 0 Å². The lowest BCUT2D eigenvalue weighted by molar-refractivity contribution is 0.0699. The van der Waals surface area contributed by atoms with Crippen molar-refractivity contribution in [3.8, 4) is 16.1 Å². The smallest absolute Gasteiger partial charge is 0.339 e. The van der Waals surface area contributed by atoms with Crippen molar-refractivity contribution in [1.29, 1.82) is 0 Å². The molecule has 0 saturated carbocycles. The van der Waals surface area contributed by atoms with Crippen LogP contribution in [0.1, 0.15) is 20.7 Å². The van der Waals surface area contributed by atoms with Crippen LogP contribution in [0.2, 0.25) is 5.02 Å². The van der Waals surface area contributed by atoms with Gasteiger partial charge in [0.1, 0.15) is 5.56 Å². The largest absolute Gasteiger partial charge is 0.478 e. The minimum Gasteiger partial charge on any atom is -0.478 e. The first-order chi connectivity index (χ1) is 14.0. The molecule has 3 heterocycles. The molecule has 4 aromatic rings. The fourth-order valence-electron chi connectivity index (χ4n) is 2.74. The quantitative estimate of drug-likeness (QED) is 0.488. The second kappa shape index (κ2) is 7.86. The van der Waals surface area contributed by atoms with E-state index in [1.54, 1.807) is 52.9 Å². The highest BCUT2D eigenvalue weighted by Gasteiger charge is 2.22. The highest BCUT2D eigenvalue weighted by atomic mass is 35.5. The molecule has 0 spiro atoms. The van der Waals surface area contributed by atoms with E-state index in [0.717, 1.165) is 5.69 Å². The van der Waals surface area contributed by atoms with Crippen LogP contribution in [0, 0.1) is 0 Å². The van der Waals surface area contributed by atoms with Crippen molar-refractivity contribution < 1.29 is 14.7 Å². The Labute approximate surface area is 174 Å². The summed E-state index contributed by atoms with van der Waals surface area (Å²) in [5, 5.41) is 18.9. The number of pyridine rings is 1. The molecule has 1 aromatic carbocycles. The predicted octanol–water partition coefficient (Wildman–Crippen LogP) is 4.60. The Bertz CT molecular complexity index is 1190. The molecule has 0 saturated heterocycles. The van der Waals surface area contributed by atoms with Crippen molar-refractivity contribution in [1.82, 2.24) is 14.8 Å². The summed E-state index contributed by atoms with van der Waals surface area (Å²) in [6.07, 6.45) is 6.29. The average molecular weight is 425 g/mol. The third kappa shape index (κ3) is 3.89. The summed E-state index contributed by atoms with van der Waals surface area (Å²) in [5.74, 6) is -1.57. The van der Waals surface area contributed by atoms with Crippen molar-refractivity contribution >= 4 is 40.5 Å². The Morgan fingerprint density at radius 1 is 1.14 bits per heavy atom. The number of aromatic carboxylic acids is 1. The van der Waals surface area contributed by atoms with Crippen LogP contribution in [0.25, 0.3) is 16.1 Å². The first-order valence-corrected chi connectivity index (χ1v) is 9.66. The van der Waals surface area contributed by atoms with Crippen LogP contribution in [0.4, 0.5) is 5.69 Å². The summed E-state index contributed by atoms with van der Waals surface area (Å²) in [5.41, 5.74) is 2.00. The molecule has 3 aromatic heterocycles. The molecule has 9 heteroatoms. The normalized spacial score (nSPS) is 10.7. The topological polar surface area (TPSA) is 97.1 Å². The number of rotatable bonds is 5. The Hall–Kier alpha value is -3.49. The minimum atomic E-state index is -1.14. The molecule has 0 unspecified atom stereocenters. The van der Waals surface area contributed by atoms with Crippen LogP contribution < -0.4 is 5.32 Å². The number of carbonyl (C=O) groups is 2. The van der Waals surface area contributed by atoms with Gasteiger partial charge in [-0.15, -0.1) is 11.3 Å². The van der Waals surface area contributed by atoms with Crippen molar-refractivity contribution in [3.05, 3.63) is 82.7 Å². The monoisotopic (exact) mass is 424 g/mol. The number of nitrogens with one attached hydrogen (secondary N) is 1. The molecule has 1 amide bonds. The summed E-state index contributed by atoms with van der Waals surface area (Å²) >= 11 is 7.13. The highest BCUT2D eigenvalue weighted by molar-refractivity contribution is 7.14. The third-order valence-electron chi connectivity index (χ3n) is 4.11. The standard InChI is InChI=1S/C20H13ClN4O3S/c21-14-3-5-15(6-4-14)25-10-13(9-23-25)18-17(20(27)28)16(11-29-18)24-19(26)12-2-1-7-22-8-12/h1-11H,(H,24,26)(H,27,28). The molecule has 0 aliphatic heterocycles. The molecule has 2 N–H and O–H groups in total. The molecule has 0 aliphatic rings. The van der Waals surface area contributed by atoms with Crippen LogP contribution in [0.3, 0.4) is 0 Å². The molecule has 0 aliphatic carbocycles. The van der Waals surface area contributed by atoms with Gasteiger partial charge in [-0.2, -0.15) is 5.10 Å². The third-order valence-corrected chi connectivity index (χ3v) is 5.39. The maximum absolute atomic E-state index is 12.4. The zero-order valence-corrected chi connectivity index (χ0v) is 16.3. The molecular formula is C20H13ClN4O3S. The van der Waals surface area contributed by atoms with Gasteiger partial charge in [0, 0.05) is 34.6 Å². The van der Waals surface area contributed by atoms with Crippen molar-refractivity contribution in [2.75, 3.05) is 5.32 Å². The Morgan fingerprint density at radius 2 is 1.93 bits per heavy atom. The van der Waals surface area contributed by atoms with Gasteiger partial charge < -0.3 is 10.4 Å². The van der Waals surface area contributed by atoms with E-state index in [0.29, 0.717) is 21.0 Å². The van der Waals surface area contributed by atoms with Crippen LogP contribution in [0.5, 0.6) is 0 Å². The van der Waals surface area contributed by atoms with Gasteiger partial charge >= 0.3 is 5.97 Å². The predicted molar refractivity (Wildman–Crippen MR) is 111 cm³/mol. The Kier molecular flexibility index (Phi) is 5.11. The van der Waals surface area contributed by atoms with Gasteiger partial charge in [-0.1, -0.05) is 11.6 Å².